The van der Waals surface area contributed by atoms with Gasteiger partial charge >= 0.3 is 0 Å². The van der Waals surface area contributed by atoms with Crippen LogP contribution in [0.4, 0.5) is 26.1 Å². The molecule has 0 bridgehead atoms. The minimum Gasteiger partial charge on any atom is -0.393 e. The molecular formula is C21H18F2N6. The average molecular weight is 392 g/mol. The third-order valence-corrected chi connectivity index (χ3v) is 4.69. The van der Waals surface area contributed by atoms with Gasteiger partial charge in [0.2, 0.25) is 0 Å². The van der Waals surface area contributed by atoms with Crippen molar-refractivity contribution in [3.8, 4) is 11.1 Å². The lowest BCUT2D eigenvalue weighted by atomic mass is 9.92. The van der Waals surface area contributed by atoms with Crippen LogP contribution in [0.15, 0.2) is 55.0 Å². The van der Waals surface area contributed by atoms with Crippen LogP contribution in [0.25, 0.3) is 22.0 Å². The molecule has 1 unspecified atom stereocenters. The number of nitrogens with two attached hydrogens (primary N) is 2. The second-order valence-corrected chi connectivity index (χ2v) is 6.65. The number of benzene rings is 2. The van der Waals surface area contributed by atoms with Gasteiger partial charge in [0.15, 0.2) is 11.6 Å². The molecule has 0 fully saturated rings. The molecule has 8 heteroatoms. The van der Waals surface area contributed by atoms with E-state index in [0.29, 0.717) is 22.5 Å². The van der Waals surface area contributed by atoms with Gasteiger partial charge in [-0.1, -0.05) is 18.2 Å². The standard InChI is InChI=1S/C21H18F2N6/c1-11(29-21-18(24)20(25)27-10-28-21)16-5-4-12-3-2-6-26-19(12)17(16)13-7-14(22)9-15(23)8-13/h2-11H,24H2,1H3,(H3,25,27,28,29). The Balaban J connectivity index is 1.89. The van der Waals surface area contributed by atoms with Gasteiger partial charge in [-0.25, -0.2) is 18.7 Å². The number of hydrogen-bond donors (Lipinski definition) is 3. The number of anilines is 3. The minimum atomic E-state index is -0.660. The van der Waals surface area contributed by atoms with Crippen molar-refractivity contribution < 1.29 is 8.78 Å². The SMILES string of the molecule is CC(Nc1ncnc(N)c1N)c1ccc2cccnc2c1-c1cc(F)cc(F)c1. The molecule has 0 saturated carbocycles. The van der Waals surface area contributed by atoms with Gasteiger partial charge in [0.05, 0.1) is 11.6 Å². The van der Waals surface area contributed by atoms with Crippen LogP contribution in [0.2, 0.25) is 0 Å². The Morgan fingerprint density at radius 3 is 2.48 bits per heavy atom. The van der Waals surface area contributed by atoms with Crippen LogP contribution < -0.4 is 16.8 Å². The Labute approximate surface area is 165 Å². The largest absolute Gasteiger partial charge is 0.393 e. The molecule has 0 spiro atoms. The van der Waals surface area contributed by atoms with Crippen molar-refractivity contribution in [2.75, 3.05) is 16.8 Å². The minimum absolute atomic E-state index is 0.169. The molecule has 2 aromatic heterocycles. The number of fused-ring (bicyclic) bond motifs is 1. The van der Waals surface area contributed by atoms with E-state index >= 15 is 0 Å². The molecule has 0 aliphatic carbocycles. The molecule has 29 heavy (non-hydrogen) atoms. The monoisotopic (exact) mass is 392 g/mol. The van der Waals surface area contributed by atoms with Crippen molar-refractivity contribution in [2.24, 2.45) is 0 Å². The Hall–Kier alpha value is -3.81. The molecule has 0 aliphatic heterocycles. The van der Waals surface area contributed by atoms with E-state index in [4.69, 9.17) is 11.5 Å². The van der Waals surface area contributed by atoms with Crippen LogP contribution in [0.5, 0.6) is 0 Å². The van der Waals surface area contributed by atoms with Crippen LogP contribution in [0.3, 0.4) is 0 Å². The van der Waals surface area contributed by atoms with Crippen LogP contribution >= 0.6 is 0 Å². The van der Waals surface area contributed by atoms with Gasteiger partial charge in [-0.3, -0.25) is 4.98 Å². The number of aromatic nitrogens is 3. The zero-order valence-corrected chi connectivity index (χ0v) is 15.5. The zero-order chi connectivity index (χ0) is 20.5. The van der Waals surface area contributed by atoms with Gasteiger partial charge in [-0.2, -0.15) is 0 Å². The fourth-order valence-electron chi connectivity index (χ4n) is 3.33. The molecule has 6 nitrogen and oxygen atoms in total. The summed E-state index contributed by atoms with van der Waals surface area (Å²) in [6.07, 6.45) is 2.96. The van der Waals surface area contributed by atoms with E-state index < -0.39 is 11.6 Å². The maximum Gasteiger partial charge on any atom is 0.155 e. The van der Waals surface area contributed by atoms with Crippen LogP contribution in [-0.2, 0) is 0 Å². The highest BCUT2D eigenvalue weighted by Crippen LogP contribution is 2.36. The van der Waals surface area contributed by atoms with Gasteiger partial charge in [0, 0.05) is 23.2 Å². The van der Waals surface area contributed by atoms with Gasteiger partial charge < -0.3 is 16.8 Å². The summed E-state index contributed by atoms with van der Waals surface area (Å²) in [6, 6.07) is 10.6. The third-order valence-electron chi connectivity index (χ3n) is 4.69. The van der Waals surface area contributed by atoms with Crippen LogP contribution in [0.1, 0.15) is 18.5 Å². The van der Waals surface area contributed by atoms with Gasteiger partial charge in [0.25, 0.3) is 0 Å². The Bertz CT molecular complexity index is 1190. The Morgan fingerprint density at radius 2 is 1.72 bits per heavy atom. The molecular weight excluding hydrogens is 374 g/mol. The fourth-order valence-corrected chi connectivity index (χ4v) is 3.33. The zero-order valence-electron chi connectivity index (χ0n) is 15.5. The summed E-state index contributed by atoms with van der Waals surface area (Å²) in [4.78, 5) is 12.4. The predicted octanol–water partition coefficient (Wildman–Crippen LogP) is 4.31. The number of halogens is 2. The Morgan fingerprint density at radius 1 is 0.966 bits per heavy atom. The molecule has 0 aliphatic rings. The first kappa shape index (κ1) is 18.5. The second-order valence-electron chi connectivity index (χ2n) is 6.65. The summed E-state index contributed by atoms with van der Waals surface area (Å²) < 4.78 is 27.9. The summed E-state index contributed by atoms with van der Waals surface area (Å²) in [5, 5.41) is 4.06. The molecule has 0 amide bonds. The van der Waals surface area contributed by atoms with Crippen molar-refractivity contribution in [3.05, 3.63) is 72.2 Å². The van der Waals surface area contributed by atoms with Crippen molar-refractivity contribution >= 4 is 28.2 Å². The first-order valence-corrected chi connectivity index (χ1v) is 8.90. The number of nitrogens with zero attached hydrogens (tertiary/aromatic N) is 3. The van der Waals surface area contributed by atoms with E-state index in [1.165, 1.54) is 18.5 Å². The molecule has 2 aromatic carbocycles. The summed E-state index contributed by atoms with van der Waals surface area (Å²) in [5.74, 6) is -0.774. The van der Waals surface area contributed by atoms with Crippen LogP contribution in [-0.4, -0.2) is 15.0 Å². The van der Waals surface area contributed by atoms with Gasteiger partial charge in [0.1, 0.15) is 23.6 Å². The molecule has 4 aromatic rings. The smallest absolute Gasteiger partial charge is 0.155 e. The third kappa shape index (κ3) is 3.52. The lowest BCUT2D eigenvalue weighted by molar-refractivity contribution is 0.584. The summed E-state index contributed by atoms with van der Waals surface area (Å²) in [6.45, 7) is 1.89. The van der Waals surface area contributed by atoms with Gasteiger partial charge in [-0.15, -0.1) is 0 Å². The predicted molar refractivity (Wildman–Crippen MR) is 110 cm³/mol. The number of rotatable bonds is 4. The fraction of sp³-hybridized carbons (Fsp3) is 0.0952. The highest BCUT2D eigenvalue weighted by Gasteiger charge is 2.19. The molecule has 2 heterocycles. The van der Waals surface area contributed by atoms with E-state index in [1.54, 1.807) is 6.20 Å². The van der Waals surface area contributed by atoms with Crippen molar-refractivity contribution in [1.82, 2.24) is 15.0 Å². The average Bonchev–Trinajstić information content (AvgIpc) is 2.69. The first-order valence-electron chi connectivity index (χ1n) is 8.90. The van der Waals surface area contributed by atoms with E-state index in [1.807, 2.05) is 31.2 Å². The van der Waals surface area contributed by atoms with Gasteiger partial charge in [-0.05, 0) is 36.2 Å². The molecule has 5 N–H and O–H groups in total. The van der Waals surface area contributed by atoms with E-state index in [9.17, 15) is 8.78 Å². The maximum absolute atomic E-state index is 14.0. The highest BCUT2D eigenvalue weighted by atomic mass is 19.1. The number of nitrogen functional groups attached to an aromatic ring is 2. The second kappa shape index (κ2) is 7.31. The molecule has 146 valence electrons. The molecule has 1 atom stereocenters. The van der Waals surface area contributed by atoms with E-state index in [2.05, 4.69) is 20.3 Å². The number of pyridine rings is 1. The topological polar surface area (TPSA) is 103 Å². The maximum atomic E-state index is 14.0. The summed E-state index contributed by atoms with van der Waals surface area (Å²) in [5.41, 5.74) is 14.4. The lowest BCUT2D eigenvalue weighted by Crippen LogP contribution is -2.13. The Kier molecular flexibility index (Phi) is 4.67. The van der Waals surface area contributed by atoms with E-state index in [-0.39, 0.29) is 17.5 Å². The number of nitrogens with one attached hydrogen (secondary N) is 1. The molecule has 0 saturated heterocycles. The summed E-state index contributed by atoms with van der Waals surface area (Å²) >= 11 is 0. The van der Waals surface area contributed by atoms with Crippen molar-refractivity contribution in [1.29, 1.82) is 0 Å². The van der Waals surface area contributed by atoms with Crippen LogP contribution in [0, 0.1) is 11.6 Å². The highest BCUT2D eigenvalue weighted by molar-refractivity contribution is 5.95. The first-order chi connectivity index (χ1) is 13.9. The normalized spacial score (nSPS) is 12.1. The quantitative estimate of drug-likeness (QED) is 0.478. The molecule has 4 rings (SSSR count). The molecule has 0 radical (unpaired) electrons. The van der Waals surface area contributed by atoms with Crippen molar-refractivity contribution in [3.63, 3.8) is 0 Å². The van der Waals surface area contributed by atoms with Crippen molar-refractivity contribution in [2.45, 2.75) is 13.0 Å². The number of hydrogen-bond acceptors (Lipinski definition) is 6. The summed E-state index contributed by atoms with van der Waals surface area (Å²) in [7, 11) is 0. The van der Waals surface area contributed by atoms with E-state index in [0.717, 1.165) is 17.0 Å². The lowest BCUT2D eigenvalue weighted by Gasteiger charge is -2.21.